The molecule has 6 nitrogen and oxygen atoms in total. The van der Waals surface area contributed by atoms with Gasteiger partial charge in [-0.25, -0.2) is 4.98 Å². The fourth-order valence-electron chi connectivity index (χ4n) is 2.29. The van der Waals surface area contributed by atoms with Crippen molar-refractivity contribution >= 4 is 0 Å². The van der Waals surface area contributed by atoms with Crippen molar-refractivity contribution < 1.29 is 4.74 Å². The van der Waals surface area contributed by atoms with Gasteiger partial charge in [0.1, 0.15) is 0 Å². The number of rotatable bonds is 4. The van der Waals surface area contributed by atoms with E-state index < -0.39 is 0 Å². The molecule has 1 aliphatic rings. The van der Waals surface area contributed by atoms with Crippen LogP contribution in [0.5, 0.6) is 0 Å². The van der Waals surface area contributed by atoms with Gasteiger partial charge in [0, 0.05) is 37.6 Å². The van der Waals surface area contributed by atoms with Crippen LogP contribution in [-0.2, 0) is 11.3 Å². The molecule has 106 valence electrons. The Morgan fingerprint density at radius 1 is 1.15 bits per heavy atom. The molecule has 0 amide bonds. The summed E-state index contributed by atoms with van der Waals surface area (Å²) < 4.78 is 7.31. The van der Waals surface area contributed by atoms with Crippen molar-refractivity contribution in [3.05, 3.63) is 30.5 Å². The maximum atomic E-state index is 5.35. The van der Waals surface area contributed by atoms with Crippen LogP contribution in [0.4, 0.5) is 0 Å². The van der Waals surface area contributed by atoms with Gasteiger partial charge in [-0.15, -0.1) is 0 Å². The van der Waals surface area contributed by atoms with E-state index in [0.29, 0.717) is 0 Å². The van der Waals surface area contributed by atoms with Gasteiger partial charge in [0.2, 0.25) is 0 Å². The molecule has 0 aromatic carbocycles. The second-order valence-corrected chi connectivity index (χ2v) is 4.99. The predicted molar refractivity (Wildman–Crippen MR) is 75.2 cm³/mol. The Morgan fingerprint density at radius 3 is 2.80 bits per heavy atom. The summed E-state index contributed by atoms with van der Waals surface area (Å²) in [7, 11) is 0. The number of morpholine rings is 1. The van der Waals surface area contributed by atoms with E-state index in [-0.39, 0.29) is 0 Å². The van der Waals surface area contributed by atoms with Gasteiger partial charge in [0.05, 0.1) is 43.5 Å². The topological polar surface area (TPSA) is 56.1 Å². The lowest BCUT2D eigenvalue weighted by Crippen LogP contribution is -2.38. The molecule has 2 aromatic rings. The van der Waals surface area contributed by atoms with Crippen LogP contribution in [-0.4, -0.2) is 57.5 Å². The van der Waals surface area contributed by atoms with E-state index in [1.54, 1.807) is 12.4 Å². The predicted octanol–water partition coefficient (Wildman–Crippen LogP) is 0.981. The highest BCUT2D eigenvalue weighted by molar-refractivity contribution is 5.55. The second-order valence-electron chi connectivity index (χ2n) is 4.99. The number of aryl methyl sites for hydroxylation is 1. The number of nitrogens with zero attached hydrogens (tertiary/aromatic N) is 5. The van der Waals surface area contributed by atoms with Crippen LogP contribution in [0.2, 0.25) is 0 Å². The maximum absolute atomic E-state index is 5.35. The van der Waals surface area contributed by atoms with Gasteiger partial charge in [-0.05, 0) is 6.92 Å². The number of aromatic nitrogens is 4. The standard InChI is InChI=1S/C14H19N5O/c1-12-8-15-10-14(17-12)13-9-16-19(11-13)3-2-18-4-6-20-7-5-18/h8-11H,2-7H2,1H3. The zero-order valence-corrected chi connectivity index (χ0v) is 11.7. The smallest absolute Gasteiger partial charge is 0.0919 e. The number of hydrogen-bond acceptors (Lipinski definition) is 5. The van der Waals surface area contributed by atoms with Crippen LogP contribution in [0.15, 0.2) is 24.8 Å². The van der Waals surface area contributed by atoms with E-state index in [9.17, 15) is 0 Å². The lowest BCUT2D eigenvalue weighted by atomic mass is 10.2. The first kappa shape index (κ1) is 13.2. The van der Waals surface area contributed by atoms with Gasteiger partial charge >= 0.3 is 0 Å². The summed E-state index contributed by atoms with van der Waals surface area (Å²) in [6.45, 7) is 7.53. The number of ether oxygens (including phenoxy) is 1. The first-order valence-corrected chi connectivity index (χ1v) is 6.93. The molecule has 0 saturated carbocycles. The summed E-state index contributed by atoms with van der Waals surface area (Å²) in [5.41, 5.74) is 2.81. The molecule has 0 atom stereocenters. The van der Waals surface area contributed by atoms with E-state index in [4.69, 9.17) is 4.74 Å². The Kier molecular flexibility index (Phi) is 4.03. The van der Waals surface area contributed by atoms with Crippen molar-refractivity contribution in [3.63, 3.8) is 0 Å². The van der Waals surface area contributed by atoms with Crippen LogP contribution in [0.1, 0.15) is 5.69 Å². The first-order valence-electron chi connectivity index (χ1n) is 6.93. The highest BCUT2D eigenvalue weighted by Crippen LogP contribution is 2.14. The SMILES string of the molecule is Cc1cncc(-c2cnn(CCN3CCOCC3)c2)n1. The summed E-state index contributed by atoms with van der Waals surface area (Å²) in [6.07, 6.45) is 7.41. The van der Waals surface area contributed by atoms with Crippen molar-refractivity contribution in [2.45, 2.75) is 13.5 Å². The first-order chi connectivity index (χ1) is 9.81. The van der Waals surface area contributed by atoms with Gasteiger partial charge < -0.3 is 4.74 Å². The lowest BCUT2D eigenvalue weighted by molar-refractivity contribution is 0.0360. The molecule has 3 heterocycles. The largest absolute Gasteiger partial charge is 0.379 e. The zero-order valence-electron chi connectivity index (χ0n) is 11.7. The van der Waals surface area contributed by atoms with Crippen LogP contribution in [0.25, 0.3) is 11.3 Å². The molecular formula is C14H19N5O. The monoisotopic (exact) mass is 273 g/mol. The Hall–Kier alpha value is -1.79. The molecule has 0 bridgehead atoms. The second kappa shape index (κ2) is 6.11. The molecule has 1 saturated heterocycles. The molecular weight excluding hydrogens is 254 g/mol. The summed E-state index contributed by atoms with van der Waals surface area (Å²) >= 11 is 0. The van der Waals surface area contributed by atoms with Gasteiger partial charge in [-0.3, -0.25) is 14.6 Å². The van der Waals surface area contributed by atoms with Crippen molar-refractivity contribution in [1.82, 2.24) is 24.6 Å². The molecule has 0 unspecified atom stereocenters. The minimum absolute atomic E-state index is 0.837. The van der Waals surface area contributed by atoms with Crippen LogP contribution >= 0.6 is 0 Å². The molecule has 0 N–H and O–H groups in total. The minimum Gasteiger partial charge on any atom is -0.379 e. The van der Waals surface area contributed by atoms with Gasteiger partial charge in [0.15, 0.2) is 0 Å². The average Bonchev–Trinajstić information content (AvgIpc) is 2.95. The molecule has 0 aliphatic carbocycles. The summed E-state index contributed by atoms with van der Waals surface area (Å²) in [6, 6.07) is 0. The average molecular weight is 273 g/mol. The molecule has 0 spiro atoms. The van der Waals surface area contributed by atoms with Crippen molar-refractivity contribution in [3.8, 4) is 11.3 Å². The molecule has 6 heteroatoms. The molecule has 0 radical (unpaired) electrons. The Bertz CT molecular complexity index is 562. The lowest BCUT2D eigenvalue weighted by Gasteiger charge is -2.26. The molecule has 2 aromatic heterocycles. The Balaban J connectivity index is 1.61. The fraction of sp³-hybridized carbons (Fsp3) is 0.500. The minimum atomic E-state index is 0.837. The van der Waals surface area contributed by atoms with Crippen LogP contribution < -0.4 is 0 Å². The highest BCUT2D eigenvalue weighted by Gasteiger charge is 2.10. The molecule has 1 aliphatic heterocycles. The van der Waals surface area contributed by atoms with E-state index in [0.717, 1.165) is 56.3 Å². The molecule has 20 heavy (non-hydrogen) atoms. The molecule has 1 fully saturated rings. The summed E-state index contributed by atoms with van der Waals surface area (Å²) in [5.74, 6) is 0. The van der Waals surface area contributed by atoms with Crippen molar-refractivity contribution in [2.24, 2.45) is 0 Å². The third-order valence-corrected chi connectivity index (χ3v) is 3.43. The van der Waals surface area contributed by atoms with Crippen molar-refractivity contribution in [1.29, 1.82) is 0 Å². The Morgan fingerprint density at radius 2 is 2.00 bits per heavy atom. The summed E-state index contributed by atoms with van der Waals surface area (Å²) in [5, 5.41) is 4.40. The van der Waals surface area contributed by atoms with E-state index in [1.165, 1.54) is 0 Å². The zero-order chi connectivity index (χ0) is 13.8. The fourth-order valence-corrected chi connectivity index (χ4v) is 2.29. The van der Waals surface area contributed by atoms with E-state index in [1.807, 2.05) is 24.0 Å². The number of hydrogen-bond donors (Lipinski definition) is 0. The van der Waals surface area contributed by atoms with Gasteiger partial charge in [0.25, 0.3) is 0 Å². The van der Waals surface area contributed by atoms with Crippen LogP contribution in [0, 0.1) is 6.92 Å². The van der Waals surface area contributed by atoms with Crippen molar-refractivity contribution in [2.75, 3.05) is 32.8 Å². The molecule has 3 rings (SSSR count). The summed E-state index contributed by atoms with van der Waals surface area (Å²) in [4.78, 5) is 11.0. The maximum Gasteiger partial charge on any atom is 0.0919 e. The Labute approximate surface area is 118 Å². The third-order valence-electron chi connectivity index (χ3n) is 3.43. The van der Waals surface area contributed by atoms with E-state index >= 15 is 0 Å². The van der Waals surface area contributed by atoms with Crippen LogP contribution in [0.3, 0.4) is 0 Å². The third kappa shape index (κ3) is 3.20. The quantitative estimate of drug-likeness (QED) is 0.831. The van der Waals surface area contributed by atoms with Gasteiger partial charge in [-0.2, -0.15) is 5.10 Å². The van der Waals surface area contributed by atoms with Gasteiger partial charge in [-0.1, -0.05) is 0 Å². The highest BCUT2D eigenvalue weighted by atomic mass is 16.5. The van der Waals surface area contributed by atoms with E-state index in [2.05, 4.69) is 20.0 Å². The normalized spacial score (nSPS) is 16.4.